The van der Waals surface area contributed by atoms with E-state index in [2.05, 4.69) is 10.2 Å². The highest BCUT2D eigenvalue weighted by Crippen LogP contribution is 2.36. The number of nitrogens with one attached hydrogen (secondary N) is 1. The van der Waals surface area contributed by atoms with E-state index in [1.54, 1.807) is 12.1 Å². The zero-order valence-electron chi connectivity index (χ0n) is 9.77. The summed E-state index contributed by atoms with van der Waals surface area (Å²) in [4.78, 5) is 0. The quantitative estimate of drug-likeness (QED) is 0.734. The van der Waals surface area contributed by atoms with E-state index in [1.807, 2.05) is 18.2 Å². The Morgan fingerprint density at radius 1 is 1.11 bits per heavy atom. The van der Waals surface area contributed by atoms with Crippen LogP contribution in [0.2, 0.25) is 0 Å². The van der Waals surface area contributed by atoms with Gasteiger partial charge in [0, 0.05) is 22.6 Å². The fourth-order valence-corrected chi connectivity index (χ4v) is 2.15. The molecule has 3 nitrogen and oxygen atoms in total. The number of aromatic hydroxyl groups is 1. The summed E-state index contributed by atoms with van der Waals surface area (Å²) in [6, 6.07) is 11.6. The van der Waals surface area contributed by atoms with Crippen LogP contribution in [0.15, 0.2) is 42.5 Å². The molecule has 3 aromatic rings. The third kappa shape index (κ3) is 1.93. The van der Waals surface area contributed by atoms with Gasteiger partial charge in [0.15, 0.2) is 0 Å². The monoisotopic (exact) mass is 260 g/mol. The van der Waals surface area contributed by atoms with Gasteiger partial charge in [-0.1, -0.05) is 30.3 Å². The smallest absolute Gasteiger partial charge is 0.264 e. The minimum Gasteiger partial charge on any atom is -0.508 e. The van der Waals surface area contributed by atoms with Crippen molar-refractivity contribution in [1.29, 1.82) is 0 Å². The van der Waals surface area contributed by atoms with Crippen LogP contribution in [-0.4, -0.2) is 15.3 Å². The number of nitrogens with zero attached hydrogens (tertiary/aromatic N) is 1. The third-order valence-corrected chi connectivity index (χ3v) is 2.96. The Balaban J connectivity index is 2.33. The van der Waals surface area contributed by atoms with Crippen molar-refractivity contribution in [3.63, 3.8) is 0 Å². The van der Waals surface area contributed by atoms with Crippen LogP contribution in [0.3, 0.4) is 0 Å². The molecular weight excluding hydrogens is 250 g/mol. The van der Waals surface area contributed by atoms with E-state index in [1.165, 1.54) is 6.07 Å². The van der Waals surface area contributed by atoms with Crippen LogP contribution >= 0.6 is 0 Å². The molecule has 0 saturated carbocycles. The number of halogens is 2. The average molecular weight is 260 g/mol. The standard InChI is InChI=1S/C14H10F2N2O/c15-14(16)10-6-9(19)7-11-12(10)13(18-17-11)8-4-2-1-3-5-8/h1-7,14,19H,(H,17,18). The third-order valence-electron chi connectivity index (χ3n) is 2.96. The van der Waals surface area contributed by atoms with Crippen molar-refractivity contribution in [3.8, 4) is 17.0 Å². The summed E-state index contributed by atoms with van der Waals surface area (Å²) in [7, 11) is 0. The first-order chi connectivity index (χ1) is 9.16. The highest BCUT2D eigenvalue weighted by atomic mass is 19.3. The Labute approximate surface area is 107 Å². The molecular formula is C14H10F2N2O. The Morgan fingerprint density at radius 3 is 2.53 bits per heavy atom. The molecule has 0 spiro atoms. The molecule has 0 aliphatic rings. The number of rotatable bonds is 2. The first-order valence-electron chi connectivity index (χ1n) is 5.71. The van der Waals surface area contributed by atoms with E-state index < -0.39 is 6.43 Å². The summed E-state index contributed by atoms with van der Waals surface area (Å²) in [6.07, 6.45) is -2.67. The van der Waals surface area contributed by atoms with Gasteiger partial charge in [-0.2, -0.15) is 5.10 Å². The van der Waals surface area contributed by atoms with Gasteiger partial charge in [-0.3, -0.25) is 5.10 Å². The van der Waals surface area contributed by atoms with Gasteiger partial charge in [-0.15, -0.1) is 0 Å². The lowest BCUT2D eigenvalue weighted by Gasteiger charge is -2.05. The molecule has 3 rings (SSSR count). The fraction of sp³-hybridized carbons (Fsp3) is 0.0714. The van der Waals surface area contributed by atoms with Crippen LogP contribution in [0.1, 0.15) is 12.0 Å². The molecule has 0 radical (unpaired) electrons. The van der Waals surface area contributed by atoms with Gasteiger partial charge in [0.05, 0.1) is 5.52 Å². The maximum atomic E-state index is 13.1. The number of fused-ring (bicyclic) bond motifs is 1. The minimum atomic E-state index is -2.67. The van der Waals surface area contributed by atoms with Crippen molar-refractivity contribution >= 4 is 10.9 Å². The van der Waals surface area contributed by atoms with Crippen LogP contribution in [-0.2, 0) is 0 Å². The summed E-state index contributed by atoms with van der Waals surface area (Å²) >= 11 is 0. The molecule has 0 atom stereocenters. The second-order valence-corrected chi connectivity index (χ2v) is 4.20. The van der Waals surface area contributed by atoms with Gasteiger partial charge in [0.1, 0.15) is 11.4 Å². The van der Waals surface area contributed by atoms with Crippen LogP contribution in [0, 0.1) is 0 Å². The van der Waals surface area contributed by atoms with Crippen LogP contribution < -0.4 is 0 Å². The SMILES string of the molecule is Oc1cc(C(F)F)c2c(-c3ccccc3)n[nH]c2c1. The zero-order chi connectivity index (χ0) is 13.4. The molecule has 0 saturated heterocycles. The molecule has 0 amide bonds. The van der Waals surface area contributed by atoms with E-state index in [0.717, 1.165) is 11.6 Å². The first-order valence-corrected chi connectivity index (χ1v) is 5.71. The number of benzene rings is 2. The normalized spacial score (nSPS) is 11.3. The Bertz CT molecular complexity index is 723. The maximum absolute atomic E-state index is 13.1. The Hall–Kier alpha value is -2.43. The molecule has 0 fully saturated rings. The highest BCUT2D eigenvalue weighted by molar-refractivity contribution is 5.96. The van der Waals surface area contributed by atoms with E-state index in [4.69, 9.17) is 0 Å². The molecule has 96 valence electrons. The van der Waals surface area contributed by atoms with Gasteiger partial charge < -0.3 is 5.11 Å². The number of H-pyrrole nitrogens is 1. The Morgan fingerprint density at radius 2 is 1.84 bits per heavy atom. The van der Waals surface area contributed by atoms with E-state index in [0.29, 0.717) is 16.6 Å². The van der Waals surface area contributed by atoms with Crippen molar-refractivity contribution in [1.82, 2.24) is 10.2 Å². The summed E-state index contributed by atoms with van der Waals surface area (Å²) in [5.74, 6) is -0.203. The largest absolute Gasteiger partial charge is 0.508 e. The lowest BCUT2D eigenvalue weighted by atomic mass is 10.0. The number of phenolic OH excluding ortho intramolecular Hbond substituents is 1. The number of hydrogen-bond acceptors (Lipinski definition) is 2. The highest BCUT2D eigenvalue weighted by Gasteiger charge is 2.19. The molecule has 2 aromatic carbocycles. The van der Waals surface area contributed by atoms with Crippen LogP contribution in [0.4, 0.5) is 8.78 Å². The maximum Gasteiger partial charge on any atom is 0.264 e. The second-order valence-electron chi connectivity index (χ2n) is 4.20. The van der Waals surface area contributed by atoms with Crippen LogP contribution in [0.5, 0.6) is 5.75 Å². The molecule has 0 aliphatic heterocycles. The van der Waals surface area contributed by atoms with Gasteiger partial charge in [-0.05, 0) is 6.07 Å². The molecule has 5 heteroatoms. The molecule has 1 aromatic heterocycles. The summed E-state index contributed by atoms with van der Waals surface area (Å²) in [5.41, 5.74) is 1.39. The number of alkyl halides is 2. The van der Waals surface area contributed by atoms with E-state index in [-0.39, 0.29) is 11.3 Å². The van der Waals surface area contributed by atoms with Gasteiger partial charge in [0.25, 0.3) is 6.43 Å². The zero-order valence-corrected chi connectivity index (χ0v) is 9.77. The van der Waals surface area contributed by atoms with Crippen molar-refractivity contribution in [2.75, 3.05) is 0 Å². The number of hydrogen-bond donors (Lipinski definition) is 2. The van der Waals surface area contributed by atoms with Gasteiger partial charge >= 0.3 is 0 Å². The van der Waals surface area contributed by atoms with Crippen molar-refractivity contribution in [2.24, 2.45) is 0 Å². The Kier molecular flexibility index (Phi) is 2.67. The lowest BCUT2D eigenvalue weighted by Crippen LogP contribution is -1.87. The van der Waals surface area contributed by atoms with Crippen molar-refractivity contribution < 1.29 is 13.9 Å². The van der Waals surface area contributed by atoms with Gasteiger partial charge in [0.2, 0.25) is 0 Å². The number of phenols is 1. The number of aromatic nitrogens is 2. The lowest BCUT2D eigenvalue weighted by molar-refractivity contribution is 0.153. The predicted octanol–water partition coefficient (Wildman–Crippen LogP) is 3.87. The van der Waals surface area contributed by atoms with Crippen molar-refractivity contribution in [2.45, 2.75) is 6.43 Å². The summed E-state index contributed by atoms with van der Waals surface area (Å²) in [6.45, 7) is 0. The average Bonchev–Trinajstić information content (AvgIpc) is 2.82. The molecule has 0 bridgehead atoms. The minimum absolute atomic E-state index is 0.203. The number of aromatic amines is 1. The van der Waals surface area contributed by atoms with Crippen LogP contribution in [0.25, 0.3) is 22.2 Å². The summed E-state index contributed by atoms with van der Waals surface area (Å²) < 4.78 is 26.2. The fourth-order valence-electron chi connectivity index (χ4n) is 2.15. The second kappa shape index (κ2) is 4.35. The molecule has 19 heavy (non-hydrogen) atoms. The predicted molar refractivity (Wildman–Crippen MR) is 68.2 cm³/mol. The molecule has 1 heterocycles. The van der Waals surface area contributed by atoms with Gasteiger partial charge in [-0.25, -0.2) is 8.78 Å². The van der Waals surface area contributed by atoms with Crippen molar-refractivity contribution in [3.05, 3.63) is 48.0 Å². The topological polar surface area (TPSA) is 48.9 Å². The van der Waals surface area contributed by atoms with E-state index in [9.17, 15) is 13.9 Å². The molecule has 0 aliphatic carbocycles. The first kappa shape index (κ1) is 11.6. The molecule has 0 unspecified atom stereocenters. The molecule has 2 N–H and O–H groups in total. The summed E-state index contributed by atoms with van der Waals surface area (Å²) in [5, 5.41) is 16.6. The van der Waals surface area contributed by atoms with E-state index >= 15 is 0 Å².